The van der Waals surface area contributed by atoms with Crippen molar-refractivity contribution in [2.24, 2.45) is 7.05 Å². The summed E-state index contributed by atoms with van der Waals surface area (Å²) >= 11 is 0. The van der Waals surface area contributed by atoms with Crippen molar-refractivity contribution in [3.05, 3.63) is 52.4 Å². The van der Waals surface area contributed by atoms with Crippen LogP contribution in [0, 0.1) is 6.92 Å². The smallest absolute Gasteiger partial charge is 0.253 e. The van der Waals surface area contributed by atoms with Gasteiger partial charge in [0.05, 0.1) is 11.0 Å². The minimum absolute atomic E-state index is 0.0333. The monoisotopic (exact) mass is 281 g/mol. The van der Waals surface area contributed by atoms with Crippen LogP contribution in [-0.2, 0) is 7.05 Å². The highest BCUT2D eigenvalue weighted by Gasteiger charge is 2.15. The summed E-state index contributed by atoms with van der Waals surface area (Å²) in [7, 11) is 1.78. The normalized spacial score (nSPS) is 11.5. The number of pyridine rings is 1. The molecule has 0 saturated heterocycles. The Morgan fingerprint density at radius 1 is 1.19 bits per heavy atom. The molecule has 0 aliphatic carbocycles. The first-order valence-corrected chi connectivity index (χ1v) is 7.13. The third kappa shape index (κ3) is 2.17. The van der Waals surface area contributed by atoms with Gasteiger partial charge in [-0.05, 0) is 39.0 Å². The van der Waals surface area contributed by atoms with Crippen LogP contribution < -0.4 is 5.56 Å². The maximum Gasteiger partial charge on any atom is 0.253 e. The third-order valence-electron chi connectivity index (χ3n) is 3.73. The molecule has 0 radical (unpaired) electrons. The maximum atomic E-state index is 11.9. The highest BCUT2D eigenvalue weighted by molar-refractivity contribution is 5.80. The summed E-state index contributed by atoms with van der Waals surface area (Å²) in [5.74, 6) is 0.907. The van der Waals surface area contributed by atoms with Crippen LogP contribution in [0.2, 0.25) is 0 Å². The first-order chi connectivity index (χ1) is 9.99. The fourth-order valence-electron chi connectivity index (χ4n) is 2.77. The van der Waals surface area contributed by atoms with Crippen LogP contribution in [0.25, 0.3) is 22.4 Å². The summed E-state index contributed by atoms with van der Waals surface area (Å²) in [5, 5.41) is 0. The van der Waals surface area contributed by atoms with E-state index in [-0.39, 0.29) is 5.56 Å². The van der Waals surface area contributed by atoms with E-state index in [2.05, 4.69) is 24.5 Å². The lowest BCUT2D eigenvalue weighted by atomic mass is 10.2. The number of benzene rings is 1. The van der Waals surface area contributed by atoms with Crippen LogP contribution in [-0.4, -0.2) is 14.1 Å². The average Bonchev–Trinajstić information content (AvgIpc) is 2.83. The van der Waals surface area contributed by atoms with Gasteiger partial charge in [-0.15, -0.1) is 0 Å². The number of aromatic nitrogens is 3. The van der Waals surface area contributed by atoms with Gasteiger partial charge in [0, 0.05) is 30.4 Å². The molecule has 0 unspecified atom stereocenters. The van der Waals surface area contributed by atoms with Crippen LogP contribution in [0.3, 0.4) is 0 Å². The van der Waals surface area contributed by atoms with Gasteiger partial charge >= 0.3 is 0 Å². The zero-order valence-electron chi connectivity index (χ0n) is 12.8. The van der Waals surface area contributed by atoms with Crippen molar-refractivity contribution in [1.82, 2.24) is 14.1 Å². The third-order valence-corrected chi connectivity index (χ3v) is 3.73. The van der Waals surface area contributed by atoms with Crippen LogP contribution in [0.5, 0.6) is 0 Å². The SMILES string of the molecule is Cc1cc(-c2nc3ccccc3n2C(C)C)cn(C)c1=O. The van der Waals surface area contributed by atoms with Crippen molar-refractivity contribution in [2.45, 2.75) is 26.8 Å². The summed E-state index contributed by atoms with van der Waals surface area (Å²) in [5.41, 5.74) is 3.84. The Kier molecular flexibility index (Phi) is 3.16. The largest absolute Gasteiger partial charge is 0.321 e. The summed E-state index contributed by atoms with van der Waals surface area (Å²) in [4.78, 5) is 16.6. The van der Waals surface area contributed by atoms with Gasteiger partial charge < -0.3 is 9.13 Å². The fraction of sp³-hybridized carbons (Fsp3) is 0.294. The second kappa shape index (κ2) is 4.88. The van der Waals surface area contributed by atoms with Crippen molar-refractivity contribution >= 4 is 11.0 Å². The van der Waals surface area contributed by atoms with Gasteiger partial charge in [-0.3, -0.25) is 4.79 Å². The predicted octanol–water partition coefficient (Wildman–Crippen LogP) is 3.29. The summed E-state index contributed by atoms with van der Waals surface area (Å²) in [6.07, 6.45) is 1.86. The molecule has 0 spiro atoms. The van der Waals surface area contributed by atoms with E-state index in [4.69, 9.17) is 4.98 Å². The molecule has 0 saturated carbocycles. The van der Waals surface area contributed by atoms with Gasteiger partial charge in [-0.25, -0.2) is 4.98 Å². The first-order valence-electron chi connectivity index (χ1n) is 7.13. The Morgan fingerprint density at radius 2 is 1.90 bits per heavy atom. The van der Waals surface area contributed by atoms with Crippen molar-refractivity contribution < 1.29 is 0 Å². The molecule has 0 atom stereocenters. The number of nitrogens with zero attached hydrogens (tertiary/aromatic N) is 3. The van der Waals surface area contributed by atoms with Crippen molar-refractivity contribution in [1.29, 1.82) is 0 Å². The van der Waals surface area contributed by atoms with Crippen LogP contribution in [0.1, 0.15) is 25.5 Å². The Bertz CT molecular complexity index is 845. The molecule has 1 aromatic carbocycles. The van der Waals surface area contributed by atoms with E-state index < -0.39 is 0 Å². The van der Waals surface area contributed by atoms with Crippen molar-refractivity contribution in [3.63, 3.8) is 0 Å². The fourth-order valence-corrected chi connectivity index (χ4v) is 2.77. The van der Waals surface area contributed by atoms with Crippen LogP contribution >= 0.6 is 0 Å². The zero-order valence-corrected chi connectivity index (χ0v) is 12.8. The lowest BCUT2D eigenvalue weighted by Gasteiger charge is -2.14. The van der Waals surface area contributed by atoms with E-state index in [9.17, 15) is 4.79 Å². The van der Waals surface area contributed by atoms with E-state index in [1.54, 1.807) is 11.6 Å². The van der Waals surface area contributed by atoms with E-state index in [1.165, 1.54) is 0 Å². The van der Waals surface area contributed by atoms with Crippen molar-refractivity contribution in [2.75, 3.05) is 0 Å². The minimum atomic E-state index is 0.0333. The minimum Gasteiger partial charge on any atom is -0.321 e. The summed E-state index contributed by atoms with van der Waals surface area (Å²) < 4.78 is 3.84. The second-order valence-corrected chi connectivity index (χ2v) is 5.72. The molecular weight excluding hydrogens is 262 g/mol. The standard InChI is InChI=1S/C17H19N3O/c1-11(2)20-15-8-6-5-7-14(15)18-16(20)13-9-12(3)17(21)19(4)10-13/h5-11H,1-4H3. The van der Waals surface area contributed by atoms with Gasteiger partial charge in [-0.2, -0.15) is 0 Å². The molecule has 108 valence electrons. The molecule has 0 bridgehead atoms. The van der Waals surface area contributed by atoms with Gasteiger partial charge in [0.15, 0.2) is 0 Å². The molecule has 0 N–H and O–H groups in total. The summed E-state index contributed by atoms with van der Waals surface area (Å²) in [6, 6.07) is 10.3. The Hall–Kier alpha value is -2.36. The van der Waals surface area contributed by atoms with E-state index in [0.29, 0.717) is 6.04 Å². The first kappa shape index (κ1) is 13.6. The molecule has 4 nitrogen and oxygen atoms in total. The number of hydrogen-bond donors (Lipinski definition) is 0. The molecule has 21 heavy (non-hydrogen) atoms. The van der Waals surface area contributed by atoms with Gasteiger partial charge in [0.1, 0.15) is 5.82 Å². The lowest BCUT2D eigenvalue weighted by Crippen LogP contribution is -2.19. The molecule has 2 aromatic heterocycles. The Balaban J connectivity index is 2.34. The Labute approximate surface area is 123 Å². The number of para-hydroxylation sites is 2. The quantitative estimate of drug-likeness (QED) is 0.723. The van der Waals surface area contributed by atoms with Crippen LogP contribution in [0.4, 0.5) is 0 Å². The van der Waals surface area contributed by atoms with Gasteiger partial charge in [0.2, 0.25) is 0 Å². The highest BCUT2D eigenvalue weighted by atomic mass is 16.1. The molecule has 3 aromatic rings. The molecule has 4 heteroatoms. The number of hydrogen-bond acceptors (Lipinski definition) is 2. The number of aryl methyl sites for hydroxylation is 2. The van der Waals surface area contributed by atoms with E-state index >= 15 is 0 Å². The zero-order chi connectivity index (χ0) is 15.1. The van der Waals surface area contributed by atoms with Gasteiger partial charge in [0.25, 0.3) is 5.56 Å². The molecule has 3 rings (SSSR count). The van der Waals surface area contributed by atoms with Gasteiger partial charge in [-0.1, -0.05) is 12.1 Å². The lowest BCUT2D eigenvalue weighted by molar-refractivity contribution is 0.623. The second-order valence-electron chi connectivity index (χ2n) is 5.72. The number of imidazole rings is 1. The molecule has 0 amide bonds. The molecular formula is C17H19N3O. The van der Waals surface area contributed by atoms with Crippen molar-refractivity contribution in [3.8, 4) is 11.4 Å². The van der Waals surface area contributed by atoms with E-state index in [1.807, 2.05) is 37.4 Å². The highest BCUT2D eigenvalue weighted by Crippen LogP contribution is 2.28. The van der Waals surface area contributed by atoms with E-state index in [0.717, 1.165) is 28.0 Å². The predicted molar refractivity (Wildman–Crippen MR) is 85.5 cm³/mol. The topological polar surface area (TPSA) is 39.8 Å². The summed E-state index contributed by atoms with van der Waals surface area (Å²) in [6.45, 7) is 6.13. The molecule has 2 heterocycles. The van der Waals surface area contributed by atoms with Crippen LogP contribution in [0.15, 0.2) is 41.3 Å². The maximum absolute atomic E-state index is 11.9. The Morgan fingerprint density at radius 3 is 2.57 bits per heavy atom. The average molecular weight is 281 g/mol. The molecule has 0 aliphatic rings. The molecule has 0 fully saturated rings. The number of rotatable bonds is 2. The molecule has 0 aliphatic heterocycles. The number of fused-ring (bicyclic) bond motifs is 1.